The summed E-state index contributed by atoms with van der Waals surface area (Å²) in [6.45, 7) is 1.93. The van der Waals surface area contributed by atoms with Gasteiger partial charge in [-0.3, -0.25) is 25.0 Å². The maximum atomic E-state index is 12.7. The monoisotopic (exact) mass is 630 g/mol. The number of hydrogen-bond acceptors (Lipinski definition) is 9. The molecular formula is C25H19IN4O8. The van der Waals surface area contributed by atoms with Crippen molar-refractivity contribution in [3.05, 3.63) is 89.5 Å². The van der Waals surface area contributed by atoms with E-state index in [0.717, 1.165) is 18.2 Å². The van der Waals surface area contributed by atoms with E-state index in [9.17, 15) is 30.3 Å². The van der Waals surface area contributed by atoms with Gasteiger partial charge in [0, 0.05) is 11.8 Å². The molecule has 0 spiro atoms. The molecule has 0 heterocycles. The summed E-state index contributed by atoms with van der Waals surface area (Å²) in [6, 6.07) is 14.6. The number of carbonyl (C=O) groups is 1. The quantitative estimate of drug-likeness (QED) is 0.0950. The minimum Gasteiger partial charge on any atom is -0.497 e. The lowest BCUT2D eigenvalue weighted by atomic mass is 10.1. The first-order chi connectivity index (χ1) is 18.2. The zero-order chi connectivity index (χ0) is 27.8. The number of rotatable bonds is 10. The summed E-state index contributed by atoms with van der Waals surface area (Å²) in [4.78, 5) is 33.7. The molecule has 3 aromatic carbocycles. The number of nitriles is 1. The van der Waals surface area contributed by atoms with Crippen LogP contribution in [0.15, 0.2) is 60.2 Å². The van der Waals surface area contributed by atoms with Crippen LogP contribution in [0.2, 0.25) is 0 Å². The lowest BCUT2D eigenvalue weighted by molar-refractivity contribution is -0.394. The second-order valence-corrected chi connectivity index (χ2v) is 8.55. The third-order valence-electron chi connectivity index (χ3n) is 4.92. The highest BCUT2D eigenvalue weighted by atomic mass is 127. The average molecular weight is 630 g/mol. The summed E-state index contributed by atoms with van der Waals surface area (Å²) in [6.07, 6.45) is 1.36. The van der Waals surface area contributed by atoms with Crippen LogP contribution in [0.4, 0.5) is 17.1 Å². The average Bonchev–Trinajstić information content (AvgIpc) is 2.89. The number of non-ortho nitro benzene ring substituents is 1. The van der Waals surface area contributed by atoms with Crippen LogP contribution >= 0.6 is 22.6 Å². The van der Waals surface area contributed by atoms with Gasteiger partial charge in [0.25, 0.3) is 11.6 Å². The van der Waals surface area contributed by atoms with Crippen molar-refractivity contribution in [3.8, 4) is 29.1 Å². The smallest absolute Gasteiger partial charge is 0.318 e. The fourth-order valence-corrected chi connectivity index (χ4v) is 3.92. The number of halogens is 1. The molecule has 0 aromatic heterocycles. The molecule has 0 radical (unpaired) electrons. The molecule has 38 heavy (non-hydrogen) atoms. The van der Waals surface area contributed by atoms with Crippen molar-refractivity contribution in [1.29, 1.82) is 5.26 Å². The number of anilines is 1. The molecule has 1 amide bonds. The molecule has 0 bridgehead atoms. The Morgan fingerprint density at radius 1 is 1.08 bits per heavy atom. The number of methoxy groups -OCH3 is 1. The lowest BCUT2D eigenvalue weighted by Gasteiger charge is -2.14. The highest BCUT2D eigenvalue weighted by molar-refractivity contribution is 14.1. The molecular weight excluding hydrogens is 611 g/mol. The highest BCUT2D eigenvalue weighted by Crippen LogP contribution is 2.41. The van der Waals surface area contributed by atoms with Crippen LogP contribution in [0.3, 0.4) is 0 Å². The molecule has 0 saturated carbocycles. The van der Waals surface area contributed by atoms with Gasteiger partial charge < -0.3 is 19.5 Å². The van der Waals surface area contributed by atoms with E-state index in [1.807, 2.05) is 28.7 Å². The fraction of sp³-hybridized carbons (Fsp3) is 0.120. The maximum Gasteiger partial charge on any atom is 0.318 e. The van der Waals surface area contributed by atoms with Crippen molar-refractivity contribution in [2.75, 3.05) is 19.0 Å². The third-order valence-corrected chi connectivity index (χ3v) is 5.72. The summed E-state index contributed by atoms with van der Waals surface area (Å²) in [5, 5.41) is 34.8. The van der Waals surface area contributed by atoms with Gasteiger partial charge in [0.05, 0.1) is 33.2 Å². The van der Waals surface area contributed by atoms with Gasteiger partial charge >= 0.3 is 5.69 Å². The van der Waals surface area contributed by atoms with E-state index < -0.39 is 27.1 Å². The normalized spacial score (nSPS) is 10.7. The van der Waals surface area contributed by atoms with E-state index in [2.05, 4.69) is 5.32 Å². The van der Waals surface area contributed by atoms with Crippen molar-refractivity contribution >= 4 is 51.6 Å². The van der Waals surface area contributed by atoms with Gasteiger partial charge in [-0.25, -0.2) is 0 Å². The van der Waals surface area contributed by atoms with Crippen molar-refractivity contribution in [2.45, 2.75) is 6.92 Å². The maximum absolute atomic E-state index is 12.7. The summed E-state index contributed by atoms with van der Waals surface area (Å²) < 4.78 is 17.0. The van der Waals surface area contributed by atoms with E-state index >= 15 is 0 Å². The summed E-state index contributed by atoms with van der Waals surface area (Å²) in [7, 11) is 1.52. The van der Waals surface area contributed by atoms with Crippen LogP contribution in [0, 0.1) is 35.1 Å². The number of amides is 1. The molecule has 194 valence electrons. The zero-order valence-corrected chi connectivity index (χ0v) is 22.1. The first-order valence-electron chi connectivity index (χ1n) is 10.8. The van der Waals surface area contributed by atoms with Crippen molar-refractivity contribution < 1.29 is 28.9 Å². The molecule has 3 aromatic rings. The SMILES string of the molecule is CCOc1cc(/C=C(\C#N)C(=O)Nc2ccc(OC)cc2)cc(I)c1Oc1ccc([N+](=O)[O-])cc1[N+](=O)[O-]. The molecule has 0 saturated heterocycles. The van der Waals surface area contributed by atoms with Crippen LogP contribution < -0.4 is 19.5 Å². The summed E-state index contributed by atoms with van der Waals surface area (Å²) >= 11 is 1.92. The van der Waals surface area contributed by atoms with Crippen molar-refractivity contribution in [2.24, 2.45) is 0 Å². The molecule has 12 nitrogen and oxygen atoms in total. The number of nitro groups is 2. The Balaban J connectivity index is 1.95. The Morgan fingerprint density at radius 3 is 2.37 bits per heavy atom. The second-order valence-electron chi connectivity index (χ2n) is 7.38. The zero-order valence-electron chi connectivity index (χ0n) is 20.0. The highest BCUT2D eigenvalue weighted by Gasteiger charge is 2.24. The Labute approximate surface area is 229 Å². The van der Waals surface area contributed by atoms with Crippen LogP contribution in [0.1, 0.15) is 12.5 Å². The molecule has 0 aliphatic carbocycles. The molecule has 0 atom stereocenters. The van der Waals surface area contributed by atoms with Gasteiger partial charge in [-0.2, -0.15) is 5.26 Å². The predicted octanol–water partition coefficient (Wildman–Crippen LogP) is 5.85. The van der Waals surface area contributed by atoms with E-state index in [4.69, 9.17) is 14.2 Å². The number of nitrogens with one attached hydrogen (secondary N) is 1. The van der Waals surface area contributed by atoms with E-state index in [1.165, 1.54) is 19.3 Å². The van der Waals surface area contributed by atoms with Gasteiger partial charge in [-0.05, 0) is 83.6 Å². The first-order valence-corrected chi connectivity index (χ1v) is 11.9. The molecule has 0 unspecified atom stereocenters. The second kappa shape index (κ2) is 12.5. The molecule has 3 rings (SSSR count). The van der Waals surface area contributed by atoms with Crippen LogP contribution in [0.5, 0.6) is 23.0 Å². The molecule has 13 heteroatoms. The number of nitrogens with zero attached hydrogens (tertiary/aromatic N) is 3. The van der Waals surface area contributed by atoms with Gasteiger partial charge in [0.2, 0.25) is 5.75 Å². The standard InChI is InChI=1S/C25H19IN4O8/c1-3-37-23-12-15(10-16(14-27)25(31)28-17-4-7-19(36-2)8-5-17)11-20(26)24(23)38-22-9-6-18(29(32)33)13-21(22)30(34)35/h4-13H,3H2,1-2H3,(H,28,31)/b16-10+. The number of hydrogen-bond donors (Lipinski definition) is 1. The van der Waals surface area contributed by atoms with Crippen molar-refractivity contribution in [3.63, 3.8) is 0 Å². The fourth-order valence-electron chi connectivity index (χ4n) is 3.18. The first kappa shape index (κ1) is 27.9. The van der Waals surface area contributed by atoms with Crippen molar-refractivity contribution in [1.82, 2.24) is 0 Å². The van der Waals surface area contributed by atoms with E-state index in [0.29, 0.717) is 20.6 Å². The summed E-state index contributed by atoms with van der Waals surface area (Å²) in [5.74, 6) is 0.0687. The number of nitro benzene ring substituents is 2. The van der Waals surface area contributed by atoms with Gasteiger partial charge in [-0.1, -0.05) is 0 Å². The number of ether oxygens (including phenoxy) is 3. The largest absolute Gasteiger partial charge is 0.497 e. The van der Waals surface area contributed by atoms with Crippen LogP contribution in [-0.2, 0) is 4.79 Å². The summed E-state index contributed by atoms with van der Waals surface area (Å²) in [5.41, 5.74) is -0.330. The minimum absolute atomic E-state index is 0.128. The lowest BCUT2D eigenvalue weighted by Crippen LogP contribution is -2.13. The molecule has 1 N–H and O–H groups in total. The Bertz CT molecular complexity index is 1470. The third kappa shape index (κ3) is 6.73. The van der Waals surface area contributed by atoms with Gasteiger partial charge in [-0.15, -0.1) is 0 Å². The number of benzene rings is 3. The van der Waals surface area contributed by atoms with Crippen LogP contribution in [0.25, 0.3) is 6.08 Å². The minimum atomic E-state index is -0.784. The van der Waals surface area contributed by atoms with E-state index in [-0.39, 0.29) is 29.4 Å². The molecule has 0 fully saturated rings. The Kier molecular flexibility index (Phi) is 9.17. The Hall–Kier alpha value is -4.71. The van der Waals surface area contributed by atoms with E-state index in [1.54, 1.807) is 37.3 Å². The molecule has 0 aliphatic rings. The molecule has 0 aliphatic heterocycles. The predicted molar refractivity (Wildman–Crippen MR) is 145 cm³/mol. The van der Waals surface area contributed by atoms with Crippen LogP contribution in [-0.4, -0.2) is 29.5 Å². The van der Waals surface area contributed by atoms with Gasteiger partial charge in [0.1, 0.15) is 17.4 Å². The Morgan fingerprint density at radius 2 is 1.79 bits per heavy atom. The number of carbonyl (C=O) groups excluding carboxylic acids is 1. The topological polar surface area (TPSA) is 167 Å². The van der Waals surface area contributed by atoms with Gasteiger partial charge in [0.15, 0.2) is 11.5 Å².